The number of aryl methyl sites for hydroxylation is 1. The molecule has 1 aliphatic rings. The third-order valence-electron chi connectivity index (χ3n) is 4.27. The van der Waals surface area contributed by atoms with E-state index in [1.54, 1.807) is 41.0 Å². The Hall–Kier alpha value is -2.83. The van der Waals surface area contributed by atoms with Crippen molar-refractivity contribution >= 4 is 5.91 Å². The molecule has 1 atom stereocenters. The molecular formula is C18H21N3O4. The molecular weight excluding hydrogens is 322 g/mol. The van der Waals surface area contributed by atoms with E-state index in [0.717, 1.165) is 12.1 Å². The van der Waals surface area contributed by atoms with Crippen LogP contribution in [0.4, 0.5) is 0 Å². The lowest BCUT2D eigenvalue weighted by Gasteiger charge is -2.18. The summed E-state index contributed by atoms with van der Waals surface area (Å²) in [5.41, 5.74) is 0.726. The Labute approximate surface area is 145 Å². The van der Waals surface area contributed by atoms with Crippen LogP contribution in [0.25, 0.3) is 0 Å². The maximum Gasteiger partial charge on any atom is 0.260 e. The molecule has 1 saturated heterocycles. The summed E-state index contributed by atoms with van der Waals surface area (Å²) in [5, 5.41) is 0. The summed E-state index contributed by atoms with van der Waals surface area (Å²) in [5.74, 6) is 1.03. The molecule has 0 saturated carbocycles. The van der Waals surface area contributed by atoms with Crippen LogP contribution in [0, 0.1) is 6.92 Å². The summed E-state index contributed by atoms with van der Waals surface area (Å²) in [7, 11) is 1.72. The number of hydrogen-bond donors (Lipinski definition) is 0. The largest absolute Gasteiger partial charge is 0.488 e. The Morgan fingerprint density at radius 2 is 2.20 bits per heavy atom. The molecule has 3 rings (SSSR count). The average molecular weight is 343 g/mol. The first kappa shape index (κ1) is 17.0. The van der Waals surface area contributed by atoms with E-state index in [2.05, 4.69) is 4.98 Å². The van der Waals surface area contributed by atoms with Crippen LogP contribution in [-0.2, 0) is 11.8 Å². The number of carbonyl (C=O) groups is 1. The number of ether oxygens (including phenoxy) is 2. The van der Waals surface area contributed by atoms with Gasteiger partial charge in [0.1, 0.15) is 17.6 Å². The van der Waals surface area contributed by atoms with Crippen LogP contribution in [0.2, 0.25) is 0 Å². The van der Waals surface area contributed by atoms with Crippen LogP contribution >= 0.6 is 0 Å². The highest BCUT2D eigenvalue weighted by Gasteiger charge is 2.28. The first-order valence-corrected chi connectivity index (χ1v) is 8.18. The highest BCUT2D eigenvalue weighted by Crippen LogP contribution is 2.18. The number of hydrogen-bond acceptors (Lipinski definition) is 5. The van der Waals surface area contributed by atoms with Gasteiger partial charge in [-0.3, -0.25) is 14.6 Å². The topological polar surface area (TPSA) is 73.7 Å². The van der Waals surface area contributed by atoms with Crippen molar-refractivity contribution in [2.45, 2.75) is 19.4 Å². The van der Waals surface area contributed by atoms with Crippen molar-refractivity contribution in [2.24, 2.45) is 7.05 Å². The minimum Gasteiger partial charge on any atom is -0.488 e. The predicted octanol–water partition coefficient (Wildman–Crippen LogP) is 1.15. The molecule has 1 unspecified atom stereocenters. The van der Waals surface area contributed by atoms with E-state index in [4.69, 9.17) is 9.47 Å². The van der Waals surface area contributed by atoms with E-state index in [1.165, 1.54) is 6.07 Å². The molecule has 2 aromatic heterocycles. The molecule has 0 radical (unpaired) electrons. The zero-order valence-corrected chi connectivity index (χ0v) is 14.3. The minimum absolute atomic E-state index is 0.0244. The van der Waals surface area contributed by atoms with Gasteiger partial charge in [-0.05, 0) is 25.1 Å². The molecule has 1 aliphatic heterocycles. The van der Waals surface area contributed by atoms with Gasteiger partial charge in [0.15, 0.2) is 6.61 Å². The fourth-order valence-electron chi connectivity index (χ4n) is 2.72. The van der Waals surface area contributed by atoms with Gasteiger partial charge in [-0.2, -0.15) is 0 Å². The van der Waals surface area contributed by atoms with Crippen LogP contribution in [0.15, 0.2) is 41.5 Å². The SMILES string of the molecule is Cc1cc(OC2CCN(C(=O)COc3cccnc3)C2)cc(=O)n1C. The van der Waals surface area contributed by atoms with Crippen LogP contribution < -0.4 is 15.0 Å². The number of amides is 1. The van der Waals surface area contributed by atoms with Gasteiger partial charge in [-0.15, -0.1) is 0 Å². The molecule has 2 aromatic rings. The van der Waals surface area contributed by atoms with Crippen molar-refractivity contribution in [3.63, 3.8) is 0 Å². The molecule has 25 heavy (non-hydrogen) atoms. The third-order valence-corrected chi connectivity index (χ3v) is 4.27. The van der Waals surface area contributed by atoms with Crippen LogP contribution in [0.1, 0.15) is 12.1 Å². The van der Waals surface area contributed by atoms with Gasteiger partial charge in [0.2, 0.25) is 0 Å². The van der Waals surface area contributed by atoms with Gasteiger partial charge >= 0.3 is 0 Å². The summed E-state index contributed by atoms with van der Waals surface area (Å²) in [6.07, 6.45) is 3.83. The first-order valence-electron chi connectivity index (χ1n) is 8.18. The Kier molecular flexibility index (Phi) is 5.02. The van der Waals surface area contributed by atoms with Gasteiger partial charge < -0.3 is 18.9 Å². The number of rotatable bonds is 5. The van der Waals surface area contributed by atoms with Crippen molar-refractivity contribution in [3.8, 4) is 11.5 Å². The summed E-state index contributed by atoms with van der Waals surface area (Å²) in [4.78, 5) is 29.7. The Morgan fingerprint density at radius 3 is 2.92 bits per heavy atom. The summed E-state index contributed by atoms with van der Waals surface area (Å²) < 4.78 is 12.9. The number of likely N-dealkylation sites (tertiary alicyclic amines) is 1. The maximum absolute atomic E-state index is 12.2. The maximum atomic E-state index is 12.2. The molecule has 0 spiro atoms. The molecule has 1 amide bonds. The fourth-order valence-corrected chi connectivity index (χ4v) is 2.72. The standard InChI is InChI=1S/C18H21N3O4/c1-13-8-16(9-17(22)20(13)2)25-15-5-7-21(11-15)18(23)12-24-14-4-3-6-19-10-14/h3-4,6,8-10,15H,5,7,11-12H2,1-2H3. The van der Waals surface area contributed by atoms with E-state index >= 15 is 0 Å². The van der Waals surface area contributed by atoms with E-state index in [1.807, 2.05) is 13.0 Å². The summed E-state index contributed by atoms with van der Waals surface area (Å²) in [6, 6.07) is 6.82. The molecule has 7 heteroatoms. The van der Waals surface area contributed by atoms with Crippen LogP contribution in [-0.4, -0.2) is 46.2 Å². The van der Waals surface area contributed by atoms with E-state index in [0.29, 0.717) is 24.6 Å². The second-order valence-electron chi connectivity index (χ2n) is 6.08. The Balaban J connectivity index is 1.53. The second-order valence-corrected chi connectivity index (χ2v) is 6.08. The fraction of sp³-hybridized carbons (Fsp3) is 0.389. The van der Waals surface area contributed by atoms with Gasteiger partial charge in [0, 0.05) is 38.0 Å². The molecule has 0 N–H and O–H groups in total. The Morgan fingerprint density at radius 1 is 1.36 bits per heavy atom. The third kappa shape index (κ3) is 4.17. The van der Waals surface area contributed by atoms with Crippen molar-refractivity contribution in [2.75, 3.05) is 19.7 Å². The van der Waals surface area contributed by atoms with Crippen molar-refractivity contribution in [1.82, 2.24) is 14.5 Å². The number of nitrogens with zero attached hydrogens (tertiary/aromatic N) is 3. The highest BCUT2D eigenvalue weighted by atomic mass is 16.5. The van der Waals surface area contributed by atoms with E-state index < -0.39 is 0 Å². The lowest BCUT2D eigenvalue weighted by atomic mass is 10.3. The van der Waals surface area contributed by atoms with Crippen molar-refractivity contribution in [3.05, 3.63) is 52.7 Å². The molecule has 0 bridgehead atoms. The van der Waals surface area contributed by atoms with Gasteiger partial charge in [-0.25, -0.2) is 0 Å². The zero-order chi connectivity index (χ0) is 17.8. The monoisotopic (exact) mass is 343 g/mol. The molecule has 1 fully saturated rings. The van der Waals surface area contributed by atoms with Gasteiger partial charge in [0.05, 0.1) is 12.7 Å². The second kappa shape index (κ2) is 7.38. The molecule has 0 aliphatic carbocycles. The van der Waals surface area contributed by atoms with Gasteiger partial charge in [-0.1, -0.05) is 0 Å². The number of aromatic nitrogens is 2. The van der Waals surface area contributed by atoms with E-state index in [-0.39, 0.29) is 24.2 Å². The molecule has 3 heterocycles. The van der Waals surface area contributed by atoms with Crippen molar-refractivity contribution < 1.29 is 14.3 Å². The highest BCUT2D eigenvalue weighted by molar-refractivity contribution is 5.78. The summed E-state index contributed by atoms with van der Waals surface area (Å²) in [6.45, 7) is 2.94. The first-order chi connectivity index (χ1) is 12.0. The van der Waals surface area contributed by atoms with Crippen LogP contribution in [0.3, 0.4) is 0 Å². The average Bonchev–Trinajstić information content (AvgIpc) is 3.07. The number of carbonyl (C=O) groups excluding carboxylic acids is 1. The lowest BCUT2D eigenvalue weighted by Crippen LogP contribution is -2.34. The molecule has 132 valence electrons. The Bertz CT molecular complexity index is 804. The predicted molar refractivity (Wildman–Crippen MR) is 91.8 cm³/mol. The molecule has 7 nitrogen and oxygen atoms in total. The van der Waals surface area contributed by atoms with E-state index in [9.17, 15) is 9.59 Å². The summed E-state index contributed by atoms with van der Waals surface area (Å²) >= 11 is 0. The lowest BCUT2D eigenvalue weighted by molar-refractivity contribution is -0.132. The van der Waals surface area contributed by atoms with Gasteiger partial charge in [0.25, 0.3) is 11.5 Å². The minimum atomic E-state index is -0.117. The zero-order valence-electron chi connectivity index (χ0n) is 14.3. The van der Waals surface area contributed by atoms with Crippen LogP contribution in [0.5, 0.6) is 11.5 Å². The molecule has 0 aromatic carbocycles. The van der Waals surface area contributed by atoms with Crippen molar-refractivity contribution in [1.29, 1.82) is 0 Å². The normalized spacial score (nSPS) is 16.7. The smallest absolute Gasteiger partial charge is 0.260 e. The number of pyridine rings is 2. The quantitative estimate of drug-likeness (QED) is 0.814.